The number of halogens is 3. The summed E-state index contributed by atoms with van der Waals surface area (Å²) in [7, 11) is 3.12. The van der Waals surface area contributed by atoms with Crippen LogP contribution in [0, 0.1) is 0 Å². The third-order valence-corrected chi connectivity index (χ3v) is 6.70. The summed E-state index contributed by atoms with van der Waals surface area (Å²) in [5.41, 5.74) is -1.10. The lowest BCUT2D eigenvalue weighted by atomic mass is 9.79. The first-order valence-electron chi connectivity index (χ1n) is 11.3. The number of ether oxygens (including phenoxy) is 2. The van der Waals surface area contributed by atoms with Gasteiger partial charge in [0.1, 0.15) is 22.8 Å². The van der Waals surface area contributed by atoms with Crippen LogP contribution in [0.15, 0.2) is 66.7 Å². The number of likely N-dealkylation sites (tertiary alicyclic amines) is 1. The van der Waals surface area contributed by atoms with E-state index < -0.39 is 29.1 Å². The Morgan fingerprint density at radius 3 is 1.91 bits per heavy atom. The number of hydrogen-bond donors (Lipinski definition) is 2. The van der Waals surface area contributed by atoms with Gasteiger partial charge in [0.2, 0.25) is 0 Å². The highest BCUT2D eigenvalue weighted by Crippen LogP contribution is 2.43. The van der Waals surface area contributed by atoms with Crippen LogP contribution in [-0.2, 0) is 18.3 Å². The van der Waals surface area contributed by atoms with E-state index in [-0.39, 0.29) is 12.1 Å². The van der Waals surface area contributed by atoms with Crippen LogP contribution in [0.5, 0.6) is 17.2 Å². The first-order chi connectivity index (χ1) is 16.7. The predicted molar refractivity (Wildman–Crippen MR) is 126 cm³/mol. The molecular formula is C27H28F3NO4. The van der Waals surface area contributed by atoms with Crippen molar-refractivity contribution in [2.24, 2.45) is 0 Å². The van der Waals surface area contributed by atoms with Crippen molar-refractivity contribution >= 4 is 0 Å². The minimum atomic E-state index is -4.66. The number of aromatic hydroxyl groups is 1. The van der Waals surface area contributed by atoms with E-state index in [9.17, 15) is 23.4 Å². The highest BCUT2D eigenvalue weighted by atomic mass is 19.4. The molecule has 0 radical (unpaired) electrons. The van der Waals surface area contributed by atoms with Crippen molar-refractivity contribution < 1.29 is 32.9 Å². The maximum Gasteiger partial charge on any atom is 0.419 e. The minimum absolute atomic E-state index is 0.0645. The molecule has 3 aromatic rings. The first kappa shape index (κ1) is 24.9. The van der Waals surface area contributed by atoms with Crippen molar-refractivity contribution in [3.8, 4) is 17.2 Å². The summed E-state index contributed by atoms with van der Waals surface area (Å²) in [5.74, 6) is 0.508. The zero-order valence-electron chi connectivity index (χ0n) is 19.5. The normalized spacial score (nSPS) is 16.9. The lowest BCUT2D eigenvalue weighted by Gasteiger charge is -2.40. The second-order valence-electron chi connectivity index (χ2n) is 8.66. The zero-order valence-corrected chi connectivity index (χ0v) is 19.5. The van der Waals surface area contributed by atoms with E-state index in [1.165, 1.54) is 12.1 Å². The van der Waals surface area contributed by atoms with Crippen molar-refractivity contribution in [1.29, 1.82) is 0 Å². The fourth-order valence-electron chi connectivity index (χ4n) is 4.90. The maximum atomic E-state index is 13.3. The molecule has 5 nitrogen and oxygen atoms in total. The maximum absolute atomic E-state index is 13.3. The van der Waals surface area contributed by atoms with Gasteiger partial charge in [-0.1, -0.05) is 36.4 Å². The number of phenolic OH excluding ortho intramolecular Hbond substituents is 1. The van der Waals surface area contributed by atoms with Gasteiger partial charge in [-0.3, -0.25) is 4.90 Å². The number of benzene rings is 3. The van der Waals surface area contributed by atoms with Crippen LogP contribution in [0.3, 0.4) is 0 Å². The van der Waals surface area contributed by atoms with E-state index in [1.807, 2.05) is 4.90 Å². The molecule has 0 spiro atoms. The number of aliphatic hydroxyl groups is 1. The van der Waals surface area contributed by atoms with Crippen LogP contribution in [0.4, 0.5) is 13.2 Å². The Kier molecular flexibility index (Phi) is 6.96. The highest BCUT2D eigenvalue weighted by molar-refractivity contribution is 5.44. The minimum Gasteiger partial charge on any atom is -0.507 e. The molecule has 1 aliphatic rings. The fraction of sp³-hybridized carbons (Fsp3) is 0.333. The molecule has 2 N–H and O–H groups in total. The van der Waals surface area contributed by atoms with Crippen LogP contribution in [0.2, 0.25) is 0 Å². The van der Waals surface area contributed by atoms with Gasteiger partial charge in [0.15, 0.2) is 0 Å². The molecule has 1 heterocycles. The van der Waals surface area contributed by atoms with Crippen LogP contribution < -0.4 is 9.47 Å². The van der Waals surface area contributed by atoms with Crippen LogP contribution in [-0.4, -0.2) is 41.9 Å². The first-order valence-corrected chi connectivity index (χ1v) is 11.3. The van der Waals surface area contributed by atoms with Crippen molar-refractivity contribution in [3.05, 3.63) is 89.0 Å². The molecule has 1 aliphatic heterocycles. The second-order valence-corrected chi connectivity index (χ2v) is 8.66. The lowest BCUT2D eigenvalue weighted by Crippen LogP contribution is -2.48. The van der Waals surface area contributed by atoms with Crippen molar-refractivity contribution in [3.63, 3.8) is 0 Å². The molecule has 1 saturated heterocycles. The van der Waals surface area contributed by atoms with Gasteiger partial charge in [0, 0.05) is 18.2 Å². The molecule has 0 bridgehead atoms. The Bertz CT molecular complexity index is 1100. The molecule has 0 unspecified atom stereocenters. The predicted octanol–water partition coefficient (Wildman–Crippen LogP) is 5.33. The quantitative estimate of drug-likeness (QED) is 0.472. The third kappa shape index (κ3) is 4.81. The van der Waals surface area contributed by atoms with Crippen molar-refractivity contribution in [1.82, 2.24) is 4.90 Å². The number of nitrogens with zero attached hydrogens (tertiary/aromatic N) is 1. The highest BCUT2D eigenvalue weighted by Gasteiger charge is 2.46. The molecule has 8 heteroatoms. The molecule has 4 rings (SSSR count). The average molecular weight is 488 g/mol. The summed E-state index contributed by atoms with van der Waals surface area (Å²) in [6.45, 7) is 0.629. The molecule has 1 fully saturated rings. The van der Waals surface area contributed by atoms with Gasteiger partial charge in [-0.25, -0.2) is 0 Å². The molecule has 0 aliphatic carbocycles. The number of phenols is 1. The third-order valence-electron chi connectivity index (χ3n) is 6.70. The molecule has 3 aromatic carbocycles. The molecule has 1 atom stereocenters. The van der Waals surface area contributed by atoms with Gasteiger partial charge >= 0.3 is 6.18 Å². The average Bonchev–Trinajstić information content (AvgIpc) is 3.33. The lowest BCUT2D eigenvalue weighted by molar-refractivity contribution is -0.138. The number of rotatable bonds is 7. The molecule has 0 aromatic heterocycles. The SMILES string of the molecule is COc1ccc(C(O)(c2ccc(OC)cc2)[C@H]2CCCN2Cc2cccc(C(F)(F)F)c2O)cc1. The van der Waals surface area contributed by atoms with Gasteiger partial charge < -0.3 is 19.7 Å². The smallest absolute Gasteiger partial charge is 0.419 e. The summed E-state index contributed by atoms with van der Waals surface area (Å²) < 4.78 is 50.6. The standard InChI is InChI=1S/C27H28F3NO4/c1-34-21-12-8-19(9-13-21)26(33,20-10-14-22(35-2)15-11-20)24-7-4-16-31(24)17-18-5-3-6-23(25(18)32)27(28,29)30/h3,5-6,8-15,24,32-33H,4,7,16-17H2,1-2H3/t24-/m1/s1. The monoisotopic (exact) mass is 487 g/mol. The fourth-order valence-corrected chi connectivity index (χ4v) is 4.90. The van der Waals surface area contributed by atoms with Crippen LogP contribution in [0.25, 0.3) is 0 Å². The largest absolute Gasteiger partial charge is 0.507 e. The Morgan fingerprint density at radius 2 is 1.43 bits per heavy atom. The molecule has 186 valence electrons. The molecule has 0 amide bonds. The number of alkyl halides is 3. The van der Waals surface area contributed by atoms with E-state index in [0.717, 1.165) is 12.5 Å². The topological polar surface area (TPSA) is 62.2 Å². The molecule has 0 saturated carbocycles. The number of methoxy groups -OCH3 is 2. The van der Waals surface area contributed by atoms with Crippen molar-refractivity contribution in [2.45, 2.75) is 37.2 Å². The van der Waals surface area contributed by atoms with Gasteiger partial charge in [-0.2, -0.15) is 13.2 Å². The second kappa shape index (κ2) is 9.79. The summed E-state index contributed by atoms with van der Waals surface area (Å²) in [5, 5.41) is 22.7. The Labute approximate surface area is 202 Å². The zero-order chi connectivity index (χ0) is 25.2. The van der Waals surface area contributed by atoms with Crippen LogP contribution in [0.1, 0.15) is 35.1 Å². The van der Waals surface area contributed by atoms with Crippen molar-refractivity contribution in [2.75, 3.05) is 20.8 Å². The van der Waals surface area contributed by atoms with E-state index in [0.29, 0.717) is 35.6 Å². The summed E-state index contributed by atoms with van der Waals surface area (Å²) >= 11 is 0. The molecule has 35 heavy (non-hydrogen) atoms. The van der Waals surface area contributed by atoms with Gasteiger partial charge in [-0.05, 0) is 60.8 Å². The number of para-hydroxylation sites is 1. The Morgan fingerprint density at radius 1 is 0.886 bits per heavy atom. The van der Waals surface area contributed by atoms with Gasteiger partial charge in [0.05, 0.1) is 19.8 Å². The summed E-state index contributed by atoms with van der Waals surface area (Å²) in [6.07, 6.45) is -3.29. The Balaban J connectivity index is 1.75. The van der Waals surface area contributed by atoms with Gasteiger partial charge in [0.25, 0.3) is 0 Å². The Hall–Kier alpha value is -3.23. The van der Waals surface area contributed by atoms with Gasteiger partial charge in [-0.15, -0.1) is 0 Å². The number of hydrogen-bond acceptors (Lipinski definition) is 5. The van der Waals surface area contributed by atoms with E-state index >= 15 is 0 Å². The molecular weight excluding hydrogens is 459 g/mol. The van der Waals surface area contributed by atoms with E-state index in [1.54, 1.807) is 62.8 Å². The van der Waals surface area contributed by atoms with E-state index in [2.05, 4.69) is 0 Å². The van der Waals surface area contributed by atoms with Crippen LogP contribution >= 0.6 is 0 Å². The van der Waals surface area contributed by atoms with E-state index in [4.69, 9.17) is 9.47 Å². The summed E-state index contributed by atoms with van der Waals surface area (Å²) in [4.78, 5) is 1.93. The summed E-state index contributed by atoms with van der Waals surface area (Å²) in [6, 6.07) is 17.4.